The van der Waals surface area contributed by atoms with Gasteiger partial charge in [-0.25, -0.2) is 4.79 Å². The molecule has 1 fully saturated rings. The molecule has 0 aliphatic heterocycles. The lowest BCUT2D eigenvalue weighted by Crippen LogP contribution is -2.53. The third kappa shape index (κ3) is 7.71. The number of amides is 4. The van der Waals surface area contributed by atoms with Crippen molar-refractivity contribution in [1.29, 1.82) is 0 Å². The molecule has 1 saturated carbocycles. The van der Waals surface area contributed by atoms with Crippen molar-refractivity contribution in [3.05, 3.63) is 59.7 Å². The molecule has 0 bridgehead atoms. The van der Waals surface area contributed by atoms with Crippen LogP contribution in [0.25, 0.3) is 0 Å². The lowest BCUT2D eigenvalue weighted by Gasteiger charge is -2.35. The van der Waals surface area contributed by atoms with E-state index in [0.717, 1.165) is 5.56 Å². The van der Waals surface area contributed by atoms with Crippen molar-refractivity contribution in [1.82, 2.24) is 10.2 Å². The molecule has 0 aromatic heterocycles. The van der Waals surface area contributed by atoms with Gasteiger partial charge in [0.25, 0.3) is 5.91 Å². The number of phenolic OH excluding ortho intramolecular Hbond substituents is 1. The van der Waals surface area contributed by atoms with Gasteiger partial charge in [0.1, 0.15) is 23.4 Å². The molecule has 0 saturated heterocycles. The zero-order valence-electron chi connectivity index (χ0n) is 22.2. The number of hydrogen-bond acceptors (Lipinski definition) is 6. The Morgan fingerprint density at radius 3 is 2.29 bits per heavy atom. The number of benzene rings is 2. The van der Waals surface area contributed by atoms with Gasteiger partial charge < -0.3 is 31.1 Å². The van der Waals surface area contributed by atoms with E-state index in [-0.39, 0.29) is 30.2 Å². The van der Waals surface area contributed by atoms with E-state index in [1.165, 1.54) is 11.0 Å². The van der Waals surface area contributed by atoms with E-state index < -0.39 is 41.5 Å². The molecule has 38 heavy (non-hydrogen) atoms. The number of ether oxygens (including phenoxy) is 1. The molecule has 1 aliphatic carbocycles. The summed E-state index contributed by atoms with van der Waals surface area (Å²) in [6.07, 6.45) is 0.204. The van der Waals surface area contributed by atoms with Crippen LogP contribution in [-0.4, -0.2) is 51.5 Å². The van der Waals surface area contributed by atoms with Gasteiger partial charge in [-0.2, -0.15) is 0 Å². The zero-order chi connectivity index (χ0) is 28.0. The van der Waals surface area contributed by atoms with Gasteiger partial charge in [0.15, 0.2) is 0 Å². The second kappa shape index (κ2) is 12.0. The molecule has 0 heterocycles. The van der Waals surface area contributed by atoms with Crippen LogP contribution in [0.5, 0.6) is 5.75 Å². The smallest absolute Gasteiger partial charge is 0.408 e. The van der Waals surface area contributed by atoms with Gasteiger partial charge in [0.05, 0.1) is 0 Å². The molecule has 0 radical (unpaired) electrons. The standard InChI is InChI=1S/C28H36N4O6/c1-17-9-5-7-11-20(17)30-25(35)24(19-10-6-8-12-22(19)33)32(18-13-14-18)26(36)21(15-16-23(29)34)31-27(37)38-28(2,3)4/h5-12,18,21,24,33H,13-16H2,1-4H3,(H2,29,34)(H,30,35)(H,31,37). The van der Waals surface area contributed by atoms with Crippen LogP contribution in [0.4, 0.5) is 10.5 Å². The van der Waals surface area contributed by atoms with Crippen molar-refractivity contribution in [2.24, 2.45) is 5.73 Å². The monoisotopic (exact) mass is 524 g/mol. The average molecular weight is 525 g/mol. The van der Waals surface area contributed by atoms with E-state index in [4.69, 9.17) is 10.5 Å². The maximum absolute atomic E-state index is 14.0. The minimum Gasteiger partial charge on any atom is -0.508 e. The number of nitrogens with zero attached hydrogens (tertiary/aromatic N) is 1. The highest BCUT2D eigenvalue weighted by atomic mass is 16.6. The molecule has 5 N–H and O–H groups in total. The Balaban J connectivity index is 2.00. The van der Waals surface area contributed by atoms with Crippen LogP contribution in [0.2, 0.25) is 0 Å². The van der Waals surface area contributed by atoms with Crippen LogP contribution in [-0.2, 0) is 19.1 Å². The van der Waals surface area contributed by atoms with E-state index >= 15 is 0 Å². The van der Waals surface area contributed by atoms with Gasteiger partial charge in [-0.1, -0.05) is 36.4 Å². The Bertz CT molecular complexity index is 1190. The molecule has 204 valence electrons. The maximum Gasteiger partial charge on any atom is 0.408 e. The summed E-state index contributed by atoms with van der Waals surface area (Å²) in [6.45, 7) is 6.91. The Morgan fingerprint density at radius 1 is 1.08 bits per heavy atom. The fraction of sp³-hybridized carbons (Fsp3) is 0.429. The molecule has 2 aromatic rings. The molecule has 10 heteroatoms. The van der Waals surface area contributed by atoms with E-state index in [1.54, 1.807) is 51.1 Å². The number of anilines is 1. The third-order valence-electron chi connectivity index (χ3n) is 6.02. The van der Waals surface area contributed by atoms with Crippen molar-refractivity contribution >= 4 is 29.5 Å². The summed E-state index contributed by atoms with van der Waals surface area (Å²) in [7, 11) is 0. The first-order valence-electron chi connectivity index (χ1n) is 12.6. The third-order valence-corrected chi connectivity index (χ3v) is 6.02. The van der Waals surface area contributed by atoms with Gasteiger partial charge in [-0.05, 0) is 64.7 Å². The number of aromatic hydroxyl groups is 1. The van der Waals surface area contributed by atoms with Crippen LogP contribution >= 0.6 is 0 Å². The molecule has 2 atom stereocenters. The number of primary amides is 1. The summed E-state index contributed by atoms with van der Waals surface area (Å²) >= 11 is 0. The highest BCUT2D eigenvalue weighted by Crippen LogP contribution is 2.39. The van der Waals surface area contributed by atoms with Gasteiger partial charge in [-0.3, -0.25) is 14.4 Å². The number of carbonyl (C=O) groups excluding carboxylic acids is 4. The summed E-state index contributed by atoms with van der Waals surface area (Å²) < 4.78 is 5.33. The van der Waals surface area contributed by atoms with Gasteiger partial charge in [0, 0.05) is 23.7 Å². The first-order valence-corrected chi connectivity index (χ1v) is 12.6. The highest BCUT2D eigenvalue weighted by Gasteiger charge is 2.45. The zero-order valence-corrected chi connectivity index (χ0v) is 22.2. The second-order valence-electron chi connectivity index (χ2n) is 10.4. The lowest BCUT2D eigenvalue weighted by molar-refractivity contribution is -0.141. The second-order valence-corrected chi connectivity index (χ2v) is 10.4. The summed E-state index contributed by atoms with van der Waals surface area (Å²) in [5.74, 6) is -1.88. The number of nitrogens with one attached hydrogen (secondary N) is 2. The quantitative estimate of drug-likeness (QED) is 0.373. The Kier molecular flexibility index (Phi) is 8.98. The van der Waals surface area contributed by atoms with Crippen LogP contribution < -0.4 is 16.4 Å². The normalized spacial score (nSPS) is 14.6. The molecule has 4 amide bonds. The van der Waals surface area contributed by atoms with E-state index in [0.29, 0.717) is 18.5 Å². The number of aryl methyl sites for hydroxylation is 1. The molecular formula is C28H36N4O6. The minimum atomic E-state index is -1.20. The topological polar surface area (TPSA) is 151 Å². The fourth-order valence-corrected chi connectivity index (χ4v) is 4.09. The average Bonchev–Trinajstić information content (AvgIpc) is 3.65. The largest absolute Gasteiger partial charge is 0.508 e. The van der Waals surface area contributed by atoms with Crippen LogP contribution in [0.3, 0.4) is 0 Å². The van der Waals surface area contributed by atoms with Crippen LogP contribution in [0, 0.1) is 6.92 Å². The lowest BCUT2D eigenvalue weighted by atomic mass is 10.00. The molecule has 2 aromatic carbocycles. The predicted molar refractivity (Wildman–Crippen MR) is 142 cm³/mol. The highest BCUT2D eigenvalue weighted by molar-refractivity contribution is 6.00. The predicted octanol–water partition coefficient (Wildman–Crippen LogP) is 3.53. The first-order chi connectivity index (χ1) is 17.9. The Hall–Kier alpha value is -4.08. The summed E-state index contributed by atoms with van der Waals surface area (Å²) in [5.41, 5.74) is 6.15. The van der Waals surface area contributed by atoms with Crippen molar-refractivity contribution < 1.29 is 29.0 Å². The maximum atomic E-state index is 14.0. The summed E-state index contributed by atoms with van der Waals surface area (Å²) in [4.78, 5) is 53.4. The molecule has 10 nitrogen and oxygen atoms in total. The number of para-hydroxylation sites is 2. The number of rotatable bonds is 10. The van der Waals surface area contributed by atoms with Crippen molar-refractivity contribution in [2.75, 3.05) is 5.32 Å². The number of carbonyl (C=O) groups is 4. The molecule has 1 aliphatic rings. The number of hydrogen-bond donors (Lipinski definition) is 4. The van der Waals surface area contributed by atoms with Gasteiger partial charge in [0.2, 0.25) is 11.8 Å². The van der Waals surface area contributed by atoms with Crippen molar-refractivity contribution in [3.63, 3.8) is 0 Å². The minimum absolute atomic E-state index is 0.0798. The number of nitrogens with two attached hydrogens (primary N) is 1. The van der Waals surface area contributed by atoms with E-state index in [9.17, 15) is 24.3 Å². The van der Waals surface area contributed by atoms with Gasteiger partial charge in [-0.15, -0.1) is 0 Å². The Labute approximate surface area is 222 Å². The number of phenols is 1. The van der Waals surface area contributed by atoms with Gasteiger partial charge >= 0.3 is 6.09 Å². The first kappa shape index (κ1) is 28.5. The molecular weight excluding hydrogens is 488 g/mol. The molecule has 3 rings (SSSR count). The summed E-state index contributed by atoms with van der Waals surface area (Å²) in [6, 6.07) is 10.9. The van der Waals surface area contributed by atoms with Crippen LogP contribution in [0.15, 0.2) is 48.5 Å². The summed E-state index contributed by atoms with van der Waals surface area (Å²) in [5, 5.41) is 16.1. The van der Waals surface area contributed by atoms with Crippen LogP contribution in [0.1, 0.15) is 63.6 Å². The Morgan fingerprint density at radius 2 is 1.71 bits per heavy atom. The number of alkyl carbamates (subject to hydrolysis) is 1. The SMILES string of the molecule is Cc1ccccc1NC(=O)C(c1ccccc1O)N(C(=O)C(CCC(N)=O)NC(=O)OC(C)(C)C)C1CC1. The molecule has 0 spiro atoms. The van der Waals surface area contributed by atoms with Crippen molar-refractivity contribution in [2.45, 2.75) is 77.1 Å². The van der Waals surface area contributed by atoms with E-state index in [2.05, 4.69) is 10.6 Å². The van der Waals surface area contributed by atoms with Crippen molar-refractivity contribution in [3.8, 4) is 5.75 Å². The fourth-order valence-electron chi connectivity index (χ4n) is 4.09. The molecule has 2 unspecified atom stereocenters. The van der Waals surface area contributed by atoms with E-state index in [1.807, 2.05) is 19.1 Å².